The van der Waals surface area contributed by atoms with E-state index in [2.05, 4.69) is 17.4 Å². The van der Waals surface area contributed by atoms with Gasteiger partial charge >= 0.3 is 0 Å². The summed E-state index contributed by atoms with van der Waals surface area (Å²) >= 11 is 0. The van der Waals surface area contributed by atoms with Gasteiger partial charge in [0.25, 0.3) is 5.91 Å². The monoisotopic (exact) mass is 319 g/mol. The highest BCUT2D eigenvalue weighted by Crippen LogP contribution is 2.14. The molecule has 0 heterocycles. The van der Waals surface area contributed by atoms with Gasteiger partial charge in [0.15, 0.2) is 6.54 Å². The number of nitrogens with one attached hydrogen (secondary N) is 2. The van der Waals surface area contributed by atoms with E-state index >= 15 is 0 Å². The molecule has 0 fully saturated rings. The second-order valence-electron chi connectivity index (χ2n) is 5.91. The minimum absolute atomic E-state index is 0.00397. The van der Waals surface area contributed by atoms with Crippen LogP contribution in [0.5, 0.6) is 0 Å². The van der Waals surface area contributed by atoms with E-state index in [4.69, 9.17) is 0 Å². The molecule has 2 aromatic carbocycles. The number of anilines is 1. The normalized spacial score (nSPS) is 12.0. The predicted molar refractivity (Wildman–Crippen MR) is 86.4 cm³/mol. The lowest BCUT2D eigenvalue weighted by atomic mass is 10.1. The molecule has 0 spiro atoms. The van der Waals surface area contributed by atoms with Gasteiger partial charge in [-0.2, -0.15) is 0 Å². The molecule has 23 heavy (non-hydrogen) atoms. The zero-order valence-electron chi connectivity index (χ0n) is 13.5. The molecule has 2 N–H and O–H groups in total. The van der Waals surface area contributed by atoms with Crippen molar-refractivity contribution in [1.82, 2.24) is 0 Å². The van der Waals surface area contributed by atoms with Gasteiger partial charge in [0.2, 0.25) is 0 Å². The average Bonchev–Trinajstić information content (AvgIpc) is 2.45. The molecular formula is C18H21F2N2O+. The van der Waals surface area contributed by atoms with Gasteiger partial charge < -0.3 is 10.2 Å². The molecule has 0 aromatic heterocycles. The van der Waals surface area contributed by atoms with Crippen LogP contribution in [0.2, 0.25) is 0 Å². The third kappa shape index (κ3) is 4.86. The number of carbonyl (C=O) groups excluding carboxylic acids is 1. The summed E-state index contributed by atoms with van der Waals surface area (Å²) in [7, 11) is 1.90. The molecular weight excluding hydrogens is 298 g/mol. The van der Waals surface area contributed by atoms with E-state index < -0.39 is 11.6 Å². The number of hydrogen-bond donors (Lipinski definition) is 2. The largest absolute Gasteiger partial charge is 0.326 e. The molecule has 0 aliphatic carbocycles. The summed E-state index contributed by atoms with van der Waals surface area (Å²) in [5.41, 5.74) is 3.56. The quantitative estimate of drug-likeness (QED) is 0.871. The number of benzene rings is 2. The number of quaternary nitrogens is 1. The summed E-state index contributed by atoms with van der Waals surface area (Å²) in [6, 6.07) is 9.31. The number of halogens is 2. The number of aryl methyl sites for hydroxylation is 2. The van der Waals surface area contributed by atoms with Crippen LogP contribution in [0.1, 0.15) is 16.7 Å². The summed E-state index contributed by atoms with van der Waals surface area (Å²) in [6.45, 7) is 4.98. The minimum Gasteiger partial charge on any atom is -0.326 e. The second-order valence-corrected chi connectivity index (χ2v) is 5.91. The molecule has 1 unspecified atom stereocenters. The van der Waals surface area contributed by atoms with Crippen molar-refractivity contribution >= 4 is 11.6 Å². The van der Waals surface area contributed by atoms with Gasteiger partial charge in [0.05, 0.1) is 12.7 Å². The van der Waals surface area contributed by atoms with Gasteiger partial charge in [-0.3, -0.25) is 4.79 Å². The van der Waals surface area contributed by atoms with Gasteiger partial charge in [-0.25, -0.2) is 8.78 Å². The Kier molecular flexibility index (Phi) is 5.45. The van der Waals surface area contributed by atoms with Crippen molar-refractivity contribution in [2.75, 3.05) is 18.9 Å². The van der Waals surface area contributed by atoms with Crippen molar-refractivity contribution in [3.8, 4) is 0 Å². The van der Waals surface area contributed by atoms with Crippen LogP contribution in [0.3, 0.4) is 0 Å². The van der Waals surface area contributed by atoms with Crippen molar-refractivity contribution in [3.63, 3.8) is 0 Å². The Morgan fingerprint density at radius 1 is 1.13 bits per heavy atom. The average molecular weight is 319 g/mol. The molecule has 0 aliphatic heterocycles. The Morgan fingerprint density at radius 3 is 2.52 bits per heavy atom. The Bertz CT molecular complexity index is 716. The second kappa shape index (κ2) is 7.33. The van der Waals surface area contributed by atoms with E-state index in [-0.39, 0.29) is 18.1 Å². The number of hydrogen-bond acceptors (Lipinski definition) is 1. The lowest BCUT2D eigenvalue weighted by Crippen LogP contribution is -3.08. The van der Waals surface area contributed by atoms with Crippen molar-refractivity contribution in [1.29, 1.82) is 0 Å². The van der Waals surface area contributed by atoms with Crippen molar-refractivity contribution in [3.05, 3.63) is 64.7 Å². The van der Waals surface area contributed by atoms with Crippen LogP contribution in [0.15, 0.2) is 36.4 Å². The number of carbonyl (C=O) groups is 1. The van der Waals surface area contributed by atoms with Crippen molar-refractivity contribution in [2.24, 2.45) is 0 Å². The third-order valence-electron chi connectivity index (χ3n) is 3.66. The Hall–Kier alpha value is -2.27. The van der Waals surface area contributed by atoms with Crippen LogP contribution < -0.4 is 10.2 Å². The Balaban J connectivity index is 1.94. The van der Waals surface area contributed by atoms with Crippen LogP contribution in [0, 0.1) is 25.5 Å². The Morgan fingerprint density at radius 2 is 1.87 bits per heavy atom. The van der Waals surface area contributed by atoms with Crippen LogP contribution in [-0.2, 0) is 11.3 Å². The van der Waals surface area contributed by atoms with Crippen molar-refractivity contribution in [2.45, 2.75) is 20.4 Å². The van der Waals surface area contributed by atoms with Gasteiger partial charge in [0.1, 0.15) is 18.2 Å². The summed E-state index contributed by atoms with van der Waals surface area (Å²) in [6.07, 6.45) is 0. The lowest BCUT2D eigenvalue weighted by molar-refractivity contribution is -0.885. The van der Waals surface area contributed by atoms with E-state index in [1.807, 2.05) is 27.0 Å². The molecule has 2 rings (SSSR count). The highest BCUT2D eigenvalue weighted by atomic mass is 19.1. The van der Waals surface area contributed by atoms with Gasteiger partial charge in [0, 0.05) is 11.6 Å². The highest BCUT2D eigenvalue weighted by molar-refractivity contribution is 5.91. The fourth-order valence-corrected chi connectivity index (χ4v) is 2.49. The number of amides is 1. The predicted octanol–water partition coefficient (Wildman–Crippen LogP) is 2.24. The maximum absolute atomic E-state index is 13.5. The zero-order valence-corrected chi connectivity index (χ0v) is 13.5. The first-order valence-corrected chi connectivity index (χ1v) is 7.47. The molecule has 1 atom stereocenters. The first-order valence-electron chi connectivity index (χ1n) is 7.47. The molecule has 0 bridgehead atoms. The van der Waals surface area contributed by atoms with E-state index in [1.165, 1.54) is 22.8 Å². The van der Waals surface area contributed by atoms with Gasteiger partial charge in [-0.1, -0.05) is 23.8 Å². The highest BCUT2D eigenvalue weighted by Gasteiger charge is 2.14. The molecule has 0 radical (unpaired) electrons. The maximum Gasteiger partial charge on any atom is 0.279 e. The summed E-state index contributed by atoms with van der Waals surface area (Å²) in [5.74, 6) is -1.75. The smallest absolute Gasteiger partial charge is 0.279 e. The van der Waals surface area contributed by atoms with Crippen LogP contribution in [0.25, 0.3) is 0 Å². The molecule has 0 saturated carbocycles. The molecule has 3 nitrogen and oxygen atoms in total. The maximum atomic E-state index is 13.5. The van der Waals surface area contributed by atoms with Crippen molar-refractivity contribution < 1.29 is 18.5 Å². The molecule has 122 valence electrons. The SMILES string of the molecule is Cc1ccc(C[NH+](C)CC(=O)Nc2ccc(F)cc2F)c(C)c1. The molecule has 0 aliphatic rings. The van der Waals surface area contributed by atoms with Gasteiger partial charge in [-0.15, -0.1) is 0 Å². The Labute approximate surface area is 134 Å². The topological polar surface area (TPSA) is 33.5 Å². The minimum atomic E-state index is -0.773. The van der Waals surface area contributed by atoms with E-state index in [9.17, 15) is 13.6 Å². The van der Waals surface area contributed by atoms with Gasteiger partial charge in [-0.05, 0) is 31.5 Å². The van der Waals surface area contributed by atoms with E-state index in [0.717, 1.165) is 17.0 Å². The summed E-state index contributed by atoms with van der Waals surface area (Å²) in [4.78, 5) is 13.0. The fraction of sp³-hybridized carbons (Fsp3) is 0.278. The third-order valence-corrected chi connectivity index (χ3v) is 3.66. The fourth-order valence-electron chi connectivity index (χ4n) is 2.49. The lowest BCUT2D eigenvalue weighted by Gasteiger charge is -2.15. The molecule has 5 heteroatoms. The molecule has 2 aromatic rings. The molecule has 1 amide bonds. The number of likely N-dealkylation sites (N-methyl/N-ethyl adjacent to an activating group) is 1. The van der Waals surface area contributed by atoms with Crippen LogP contribution in [-0.4, -0.2) is 19.5 Å². The van der Waals surface area contributed by atoms with E-state index in [1.54, 1.807) is 0 Å². The summed E-state index contributed by atoms with van der Waals surface area (Å²) in [5, 5.41) is 2.48. The van der Waals surface area contributed by atoms with Crippen LogP contribution >= 0.6 is 0 Å². The first kappa shape index (κ1) is 17.1. The number of rotatable bonds is 5. The molecule has 0 saturated heterocycles. The van der Waals surface area contributed by atoms with E-state index in [0.29, 0.717) is 6.54 Å². The summed E-state index contributed by atoms with van der Waals surface area (Å²) < 4.78 is 26.4. The zero-order chi connectivity index (χ0) is 17.0. The van der Waals surface area contributed by atoms with Crippen LogP contribution in [0.4, 0.5) is 14.5 Å². The first-order chi connectivity index (χ1) is 10.8. The standard InChI is InChI=1S/C18H20F2N2O/c1-12-4-5-14(13(2)8-12)10-22(3)11-18(23)21-17-7-6-15(19)9-16(17)20/h4-9H,10-11H2,1-3H3,(H,21,23)/p+1.